The van der Waals surface area contributed by atoms with E-state index >= 15 is 0 Å². The summed E-state index contributed by atoms with van der Waals surface area (Å²) in [7, 11) is 0. The molecule has 2 heteroatoms. The Bertz CT molecular complexity index is 403. The predicted octanol–water partition coefficient (Wildman–Crippen LogP) is 3.08. The van der Waals surface area contributed by atoms with E-state index in [1.807, 2.05) is 0 Å². The monoisotopic (exact) mass is 177 g/mol. The SMILES string of the molecule is CSn1ccc2cc(C)ccc21. The van der Waals surface area contributed by atoms with Crippen LogP contribution in [0.15, 0.2) is 30.5 Å². The summed E-state index contributed by atoms with van der Waals surface area (Å²) in [5.41, 5.74) is 2.62. The van der Waals surface area contributed by atoms with Crippen LogP contribution in [0, 0.1) is 6.92 Å². The summed E-state index contributed by atoms with van der Waals surface area (Å²) in [6, 6.07) is 8.68. The predicted molar refractivity (Wildman–Crippen MR) is 55.6 cm³/mol. The van der Waals surface area contributed by atoms with Crippen molar-refractivity contribution in [1.29, 1.82) is 0 Å². The van der Waals surface area contributed by atoms with Crippen LogP contribution in [0.5, 0.6) is 0 Å². The van der Waals surface area contributed by atoms with Gasteiger partial charge >= 0.3 is 0 Å². The van der Waals surface area contributed by atoms with Crippen molar-refractivity contribution in [3.8, 4) is 0 Å². The molecule has 62 valence electrons. The zero-order valence-corrected chi connectivity index (χ0v) is 8.06. The van der Waals surface area contributed by atoms with Crippen LogP contribution < -0.4 is 0 Å². The van der Waals surface area contributed by atoms with Crippen LogP contribution in [0.4, 0.5) is 0 Å². The molecule has 0 atom stereocenters. The molecule has 0 amide bonds. The van der Waals surface area contributed by atoms with Gasteiger partial charge in [0, 0.05) is 17.8 Å². The Morgan fingerprint density at radius 2 is 2.08 bits per heavy atom. The molecule has 0 N–H and O–H groups in total. The lowest BCUT2D eigenvalue weighted by atomic mass is 10.2. The molecule has 2 aromatic rings. The van der Waals surface area contributed by atoms with E-state index in [1.165, 1.54) is 16.5 Å². The van der Waals surface area contributed by atoms with E-state index in [4.69, 9.17) is 0 Å². The lowest BCUT2D eigenvalue weighted by Gasteiger charge is -1.98. The van der Waals surface area contributed by atoms with Crippen LogP contribution in [-0.4, -0.2) is 10.2 Å². The minimum atomic E-state index is 1.30. The van der Waals surface area contributed by atoms with Gasteiger partial charge in [-0.2, -0.15) is 0 Å². The van der Waals surface area contributed by atoms with Crippen LogP contribution in [0.2, 0.25) is 0 Å². The van der Waals surface area contributed by atoms with Gasteiger partial charge in [-0.15, -0.1) is 0 Å². The second kappa shape index (κ2) is 2.87. The van der Waals surface area contributed by atoms with Crippen LogP contribution in [0.25, 0.3) is 10.9 Å². The van der Waals surface area contributed by atoms with Crippen LogP contribution in [-0.2, 0) is 0 Å². The highest BCUT2D eigenvalue weighted by atomic mass is 32.2. The number of hydrogen-bond donors (Lipinski definition) is 0. The third kappa shape index (κ3) is 1.12. The fourth-order valence-corrected chi connectivity index (χ4v) is 1.94. The van der Waals surface area contributed by atoms with E-state index in [-0.39, 0.29) is 0 Å². The highest BCUT2D eigenvalue weighted by molar-refractivity contribution is 7.97. The molecule has 0 aliphatic carbocycles. The summed E-state index contributed by atoms with van der Waals surface area (Å²) in [4.78, 5) is 0. The fraction of sp³-hybridized carbons (Fsp3) is 0.200. The van der Waals surface area contributed by atoms with Crippen molar-refractivity contribution in [2.75, 3.05) is 6.26 Å². The first-order valence-corrected chi connectivity index (χ1v) is 5.11. The Labute approximate surface area is 76.5 Å². The quantitative estimate of drug-likeness (QED) is 0.648. The normalized spacial score (nSPS) is 10.8. The number of rotatable bonds is 1. The molecule has 0 fully saturated rings. The molecule has 0 aliphatic rings. The molecule has 0 spiro atoms. The molecule has 0 radical (unpaired) electrons. The number of fused-ring (bicyclic) bond motifs is 1. The third-order valence-corrected chi connectivity index (χ3v) is 2.72. The lowest BCUT2D eigenvalue weighted by molar-refractivity contribution is 1.35. The zero-order chi connectivity index (χ0) is 8.55. The summed E-state index contributed by atoms with van der Waals surface area (Å²) in [6.07, 6.45) is 4.19. The maximum Gasteiger partial charge on any atom is 0.0591 e. The van der Waals surface area contributed by atoms with Crippen molar-refractivity contribution in [2.45, 2.75) is 6.92 Å². The number of benzene rings is 1. The molecule has 1 aromatic heterocycles. The molecule has 2 rings (SSSR count). The van der Waals surface area contributed by atoms with E-state index < -0.39 is 0 Å². The molecule has 1 aromatic carbocycles. The van der Waals surface area contributed by atoms with Crippen molar-refractivity contribution in [3.63, 3.8) is 0 Å². The van der Waals surface area contributed by atoms with Gasteiger partial charge in [0.2, 0.25) is 0 Å². The van der Waals surface area contributed by atoms with Gasteiger partial charge < -0.3 is 0 Å². The largest absolute Gasteiger partial charge is 0.291 e. The van der Waals surface area contributed by atoms with Crippen molar-refractivity contribution >= 4 is 22.9 Å². The zero-order valence-electron chi connectivity index (χ0n) is 7.24. The second-order valence-corrected chi connectivity index (χ2v) is 3.64. The van der Waals surface area contributed by atoms with Gasteiger partial charge in [0.1, 0.15) is 0 Å². The van der Waals surface area contributed by atoms with Crippen molar-refractivity contribution in [3.05, 3.63) is 36.0 Å². The first-order valence-electron chi connectivity index (χ1n) is 3.93. The standard InChI is InChI=1S/C10H11NS/c1-8-3-4-10-9(7-8)5-6-11(10)12-2/h3-7H,1-2H3. The molecule has 0 aliphatic heterocycles. The molecular formula is C10H11NS. The second-order valence-electron chi connectivity index (χ2n) is 2.89. The molecular weight excluding hydrogens is 166 g/mol. The Morgan fingerprint density at radius 3 is 2.83 bits per heavy atom. The summed E-state index contributed by atoms with van der Waals surface area (Å²) in [5.74, 6) is 0. The van der Waals surface area contributed by atoms with Crippen molar-refractivity contribution < 1.29 is 0 Å². The number of hydrogen-bond acceptors (Lipinski definition) is 1. The lowest BCUT2D eigenvalue weighted by Crippen LogP contribution is -1.80. The number of aryl methyl sites for hydroxylation is 1. The maximum atomic E-state index is 2.21. The first-order chi connectivity index (χ1) is 5.81. The molecule has 0 bridgehead atoms. The average Bonchev–Trinajstić information content (AvgIpc) is 2.46. The summed E-state index contributed by atoms with van der Waals surface area (Å²) < 4.78 is 2.18. The van der Waals surface area contributed by atoms with Gasteiger partial charge in [-0.05, 0) is 37.1 Å². The minimum Gasteiger partial charge on any atom is -0.291 e. The molecule has 0 unspecified atom stereocenters. The highest BCUT2D eigenvalue weighted by Crippen LogP contribution is 2.20. The van der Waals surface area contributed by atoms with E-state index in [0.717, 1.165) is 0 Å². The van der Waals surface area contributed by atoms with Gasteiger partial charge in [0.15, 0.2) is 0 Å². The Kier molecular flexibility index (Phi) is 1.85. The Hall–Kier alpha value is -0.890. The average molecular weight is 177 g/mol. The Morgan fingerprint density at radius 1 is 1.25 bits per heavy atom. The summed E-state index contributed by atoms with van der Waals surface area (Å²) >= 11 is 1.73. The fourth-order valence-electron chi connectivity index (χ4n) is 1.40. The third-order valence-electron chi connectivity index (χ3n) is 2.01. The van der Waals surface area contributed by atoms with E-state index in [0.29, 0.717) is 0 Å². The summed E-state index contributed by atoms with van der Waals surface area (Å²) in [5, 5.41) is 1.32. The van der Waals surface area contributed by atoms with E-state index in [2.05, 4.69) is 47.6 Å². The molecule has 1 nitrogen and oxygen atoms in total. The van der Waals surface area contributed by atoms with E-state index in [1.54, 1.807) is 11.9 Å². The van der Waals surface area contributed by atoms with Crippen LogP contribution in [0.1, 0.15) is 5.56 Å². The molecule has 0 saturated heterocycles. The smallest absolute Gasteiger partial charge is 0.0591 e. The van der Waals surface area contributed by atoms with Crippen LogP contribution in [0.3, 0.4) is 0 Å². The molecule has 1 heterocycles. The van der Waals surface area contributed by atoms with Crippen molar-refractivity contribution in [1.82, 2.24) is 3.97 Å². The van der Waals surface area contributed by atoms with Gasteiger partial charge in [-0.25, -0.2) is 0 Å². The number of aromatic nitrogens is 1. The van der Waals surface area contributed by atoms with Gasteiger partial charge in [-0.3, -0.25) is 3.97 Å². The topological polar surface area (TPSA) is 4.93 Å². The minimum absolute atomic E-state index is 1.30. The maximum absolute atomic E-state index is 2.21. The highest BCUT2D eigenvalue weighted by Gasteiger charge is 1.98. The van der Waals surface area contributed by atoms with Crippen molar-refractivity contribution in [2.24, 2.45) is 0 Å². The van der Waals surface area contributed by atoms with Gasteiger partial charge in [0.05, 0.1) is 5.52 Å². The molecule has 0 saturated carbocycles. The van der Waals surface area contributed by atoms with E-state index in [9.17, 15) is 0 Å². The van der Waals surface area contributed by atoms with Gasteiger partial charge in [-0.1, -0.05) is 11.6 Å². The Balaban J connectivity index is 2.73. The number of nitrogens with zero attached hydrogens (tertiary/aromatic N) is 1. The van der Waals surface area contributed by atoms with Gasteiger partial charge in [0.25, 0.3) is 0 Å². The summed E-state index contributed by atoms with van der Waals surface area (Å²) in [6.45, 7) is 2.12. The first kappa shape index (κ1) is 7.74. The molecule has 12 heavy (non-hydrogen) atoms. The van der Waals surface area contributed by atoms with Crippen LogP contribution >= 0.6 is 11.9 Å².